The molecular formula is C29H28N4O5. The summed E-state index contributed by atoms with van der Waals surface area (Å²) in [5.41, 5.74) is 5.75. The van der Waals surface area contributed by atoms with E-state index in [0.717, 1.165) is 46.5 Å². The average molecular weight is 513 g/mol. The minimum Gasteiger partial charge on any atom is -0.492 e. The van der Waals surface area contributed by atoms with Crippen LogP contribution < -0.4 is 14.8 Å². The number of benzene rings is 2. The molecule has 0 unspecified atom stereocenters. The monoisotopic (exact) mass is 512 g/mol. The number of carbonyl (C=O) groups excluding carboxylic acids is 1. The van der Waals surface area contributed by atoms with Gasteiger partial charge in [-0.25, -0.2) is 4.79 Å². The number of rotatable bonds is 8. The van der Waals surface area contributed by atoms with Gasteiger partial charge in [0.1, 0.15) is 18.1 Å². The largest absolute Gasteiger partial charge is 0.492 e. The molecule has 0 atom stereocenters. The smallest absolute Gasteiger partial charge is 0.419 e. The van der Waals surface area contributed by atoms with Crippen LogP contribution in [0.3, 0.4) is 0 Å². The maximum absolute atomic E-state index is 12.7. The van der Waals surface area contributed by atoms with E-state index in [1.165, 1.54) is 0 Å². The van der Waals surface area contributed by atoms with E-state index in [1.54, 1.807) is 42.7 Å². The Labute approximate surface area is 220 Å². The molecule has 4 aromatic rings. The molecule has 2 aromatic carbocycles. The molecule has 1 aliphatic carbocycles. The fraction of sp³-hybridized carbons (Fsp3) is 0.207. The van der Waals surface area contributed by atoms with Gasteiger partial charge in [0.25, 0.3) is 5.95 Å². The van der Waals surface area contributed by atoms with Gasteiger partial charge in [-0.1, -0.05) is 23.4 Å². The number of likely N-dealkylation sites (N-methyl/N-ethyl adjacent to an activating group) is 1. The summed E-state index contributed by atoms with van der Waals surface area (Å²) in [5.74, 6) is 1.34. The number of ether oxygens (including phenoxy) is 2. The van der Waals surface area contributed by atoms with Crippen molar-refractivity contribution in [1.29, 1.82) is 0 Å². The third kappa shape index (κ3) is 5.68. The van der Waals surface area contributed by atoms with Crippen molar-refractivity contribution in [3.63, 3.8) is 0 Å². The van der Waals surface area contributed by atoms with Crippen molar-refractivity contribution in [1.82, 2.24) is 9.88 Å². The van der Waals surface area contributed by atoms with Crippen LogP contribution in [0, 0.1) is 0 Å². The molecule has 0 aliphatic heterocycles. The van der Waals surface area contributed by atoms with Crippen LogP contribution >= 0.6 is 0 Å². The van der Waals surface area contributed by atoms with E-state index >= 15 is 0 Å². The zero-order valence-corrected chi connectivity index (χ0v) is 21.2. The number of aryl methyl sites for hydroxylation is 1. The van der Waals surface area contributed by atoms with Crippen LogP contribution in [-0.4, -0.2) is 54.1 Å². The maximum atomic E-state index is 12.7. The fourth-order valence-corrected chi connectivity index (χ4v) is 4.31. The third-order valence-corrected chi connectivity index (χ3v) is 6.23. The Kier molecular flexibility index (Phi) is 7.37. The van der Waals surface area contributed by atoms with E-state index in [9.17, 15) is 10.0 Å². The first-order chi connectivity index (χ1) is 18.5. The molecule has 0 bridgehead atoms. The lowest BCUT2D eigenvalue weighted by Gasteiger charge is -2.11. The number of amides is 1. The molecule has 9 heteroatoms. The first kappa shape index (κ1) is 25.0. The number of nitrogens with one attached hydrogen (secondary N) is 1. The molecule has 38 heavy (non-hydrogen) atoms. The number of aromatic nitrogens is 1. The number of hydrogen-bond donors (Lipinski definition) is 2. The number of pyridine rings is 1. The minimum absolute atomic E-state index is 0.0612. The average Bonchev–Trinajstić information content (AvgIpc) is 3.53. The van der Waals surface area contributed by atoms with Crippen LogP contribution in [0.15, 0.2) is 82.6 Å². The Hall–Kier alpha value is -4.63. The van der Waals surface area contributed by atoms with E-state index in [1.807, 2.05) is 43.3 Å². The SMILES string of the molecule is CN(C)CCOc1ccc(NC(=O)Oc2cc(-c3ccc4c(c3)CCC4=NO)c(-c3ccncc3)o2)cc1. The number of carbonyl (C=O) groups is 1. The van der Waals surface area contributed by atoms with Gasteiger partial charge in [0.15, 0.2) is 0 Å². The number of hydrogen-bond acceptors (Lipinski definition) is 8. The van der Waals surface area contributed by atoms with Crippen LogP contribution in [0.25, 0.3) is 22.5 Å². The highest BCUT2D eigenvalue weighted by Gasteiger charge is 2.22. The quantitative estimate of drug-likeness (QED) is 0.231. The molecule has 2 N–H and O–H groups in total. The molecule has 0 saturated heterocycles. The molecule has 1 aliphatic rings. The molecule has 1 amide bonds. The molecule has 2 heterocycles. The second kappa shape index (κ2) is 11.2. The normalized spacial score (nSPS) is 13.5. The lowest BCUT2D eigenvalue weighted by molar-refractivity contribution is 0.202. The van der Waals surface area contributed by atoms with Crippen molar-refractivity contribution in [3.8, 4) is 34.1 Å². The summed E-state index contributed by atoms with van der Waals surface area (Å²) in [6.07, 6.45) is 4.15. The van der Waals surface area contributed by atoms with Crippen LogP contribution in [-0.2, 0) is 6.42 Å². The summed E-state index contributed by atoms with van der Waals surface area (Å²) in [5, 5.41) is 15.4. The van der Waals surface area contributed by atoms with Crippen molar-refractivity contribution in [2.24, 2.45) is 5.16 Å². The molecule has 0 radical (unpaired) electrons. The van der Waals surface area contributed by atoms with Gasteiger partial charge in [0.05, 0.1) is 5.71 Å². The van der Waals surface area contributed by atoms with Gasteiger partial charge in [-0.2, -0.15) is 0 Å². The Morgan fingerprint density at radius 2 is 1.82 bits per heavy atom. The van der Waals surface area contributed by atoms with Crippen molar-refractivity contribution >= 4 is 17.5 Å². The predicted octanol–water partition coefficient (Wildman–Crippen LogP) is 5.68. The van der Waals surface area contributed by atoms with Gasteiger partial charge < -0.3 is 24.0 Å². The lowest BCUT2D eigenvalue weighted by atomic mass is 9.98. The molecule has 194 valence electrons. The predicted molar refractivity (Wildman–Crippen MR) is 144 cm³/mol. The number of nitrogens with zero attached hydrogens (tertiary/aromatic N) is 3. The van der Waals surface area contributed by atoms with E-state index in [2.05, 4.69) is 21.5 Å². The third-order valence-electron chi connectivity index (χ3n) is 6.23. The second-order valence-corrected chi connectivity index (χ2v) is 9.15. The van der Waals surface area contributed by atoms with Gasteiger partial charge in [0.2, 0.25) is 0 Å². The van der Waals surface area contributed by atoms with E-state index in [-0.39, 0.29) is 5.95 Å². The molecule has 2 aromatic heterocycles. The molecule has 0 fully saturated rings. The van der Waals surface area contributed by atoms with E-state index in [0.29, 0.717) is 30.2 Å². The maximum Gasteiger partial charge on any atom is 0.419 e. The summed E-state index contributed by atoms with van der Waals surface area (Å²) in [4.78, 5) is 18.8. The van der Waals surface area contributed by atoms with Crippen LogP contribution in [0.4, 0.5) is 10.5 Å². The standard InChI is InChI=1S/C29H28N4O5/c1-33(2)15-16-36-23-7-5-22(6-8-23)31-29(34)38-27-18-25(28(37-27)19-11-13-30-14-12-19)21-3-9-24-20(17-21)4-10-26(24)32-35/h3,5-9,11-14,17-18,35H,4,10,15-16H2,1-2H3,(H,31,34). The lowest BCUT2D eigenvalue weighted by Crippen LogP contribution is -2.19. The van der Waals surface area contributed by atoms with Crippen LogP contribution in [0.5, 0.6) is 11.7 Å². The highest BCUT2D eigenvalue weighted by Crippen LogP contribution is 2.39. The van der Waals surface area contributed by atoms with Gasteiger partial charge in [-0.15, -0.1) is 0 Å². The molecule has 0 saturated carbocycles. The fourth-order valence-electron chi connectivity index (χ4n) is 4.31. The Morgan fingerprint density at radius 1 is 1.03 bits per heavy atom. The zero-order chi connectivity index (χ0) is 26.5. The summed E-state index contributed by atoms with van der Waals surface area (Å²) >= 11 is 0. The van der Waals surface area contributed by atoms with E-state index in [4.69, 9.17) is 13.9 Å². The Bertz CT molecular complexity index is 1450. The highest BCUT2D eigenvalue weighted by molar-refractivity contribution is 6.04. The Morgan fingerprint density at radius 3 is 2.55 bits per heavy atom. The number of anilines is 1. The highest BCUT2D eigenvalue weighted by atomic mass is 16.6. The van der Waals surface area contributed by atoms with Crippen LogP contribution in [0.2, 0.25) is 0 Å². The summed E-state index contributed by atoms with van der Waals surface area (Å²) in [6.45, 7) is 1.38. The van der Waals surface area contributed by atoms with E-state index < -0.39 is 6.09 Å². The topological polar surface area (TPSA) is 109 Å². The zero-order valence-electron chi connectivity index (χ0n) is 21.2. The van der Waals surface area contributed by atoms with Crippen LogP contribution in [0.1, 0.15) is 17.5 Å². The summed E-state index contributed by atoms with van der Waals surface area (Å²) < 4.78 is 17.2. The Balaban J connectivity index is 1.34. The first-order valence-electron chi connectivity index (χ1n) is 12.3. The number of furan rings is 1. The molecule has 5 rings (SSSR count). The van der Waals surface area contributed by atoms with Gasteiger partial charge in [-0.3, -0.25) is 10.3 Å². The van der Waals surface area contributed by atoms with Crippen molar-refractivity contribution in [2.45, 2.75) is 12.8 Å². The number of fused-ring (bicyclic) bond motifs is 1. The molecular weight excluding hydrogens is 484 g/mol. The van der Waals surface area contributed by atoms with Gasteiger partial charge in [-0.05, 0) is 74.5 Å². The molecule has 9 nitrogen and oxygen atoms in total. The van der Waals surface area contributed by atoms with Gasteiger partial charge >= 0.3 is 6.09 Å². The first-order valence-corrected chi connectivity index (χ1v) is 12.3. The number of oxime groups is 1. The van der Waals surface area contributed by atoms with Crippen molar-refractivity contribution in [2.75, 3.05) is 32.6 Å². The van der Waals surface area contributed by atoms with Crippen molar-refractivity contribution < 1.29 is 23.9 Å². The summed E-state index contributed by atoms with van der Waals surface area (Å²) in [6, 6.07) is 18.4. The van der Waals surface area contributed by atoms with Gasteiger partial charge in [0, 0.05) is 47.4 Å². The minimum atomic E-state index is -0.675. The second-order valence-electron chi connectivity index (χ2n) is 9.15. The van der Waals surface area contributed by atoms with Crippen molar-refractivity contribution in [3.05, 3.63) is 84.2 Å². The summed E-state index contributed by atoms with van der Waals surface area (Å²) in [7, 11) is 3.97. The molecule has 0 spiro atoms.